The van der Waals surface area contributed by atoms with Crippen molar-refractivity contribution >= 4 is 33.0 Å². The number of anilines is 1. The average Bonchev–Trinajstić information content (AvgIpc) is 3.07. The van der Waals surface area contributed by atoms with Crippen molar-refractivity contribution in [2.75, 3.05) is 24.3 Å². The van der Waals surface area contributed by atoms with Crippen LogP contribution in [0.5, 0.6) is 5.75 Å². The molecule has 1 amide bonds. The highest BCUT2D eigenvalue weighted by Gasteiger charge is 2.29. The number of carbonyl (C=O) groups is 1. The minimum Gasteiger partial charge on any atom is -0.495 e. The van der Waals surface area contributed by atoms with Crippen LogP contribution in [0.3, 0.4) is 0 Å². The molecule has 0 unspecified atom stereocenters. The van der Waals surface area contributed by atoms with E-state index in [0.29, 0.717) is 29.3 Å². The molecule has 0 bridgehead atoms. The van der Waals surface area contributed by atoms with E-state index in [1.54, 1.807) is 49.3 Å². The molecule has 5 nitrogen and oxygen atoms in total. The lowest BCUT2D eigenvalue weighted by Gasteiger charge is -2.19. The highest BCUT2D eigenvalue weighted by atomic mass is 35.5. The Labute approximate surface area is 158 Å². The third kappa shape index (κ3) is 3.31. The van der Waals surface area contributed by atoms with Crippen LogP contribution in [0.4, 0.5) is 5.69 Å². The molecular formula is C19H20ClNO4S. The fourth-order valence-corrected chi connectivity index (χ4v) is 4.68. The Morgan fingerprint density at radius 1 is 1.23 bits per heavy atom. The van der Waals surface area contributed by atoms with Crippen LogP contribution in [0.15, 0.2) is 41.3 Å². The molecule has 0 saturated heterocycles. The predicted octanol–water partition coefficient (Wildman–Crippen LogP) is 3.27. The van der Waals surface area contributed by atoms with Crippen molar-refractivity contribution in [3.63, 3.8) is 0 Å². The second-order valence-electron chi connectivity index (χ2n) is 6.06. The topological polar surface area (TPSA) is 63.7 Å². The summed E-state index contributed by atoms with van der Waals surface area (Å²) in [5.74, 6) is 0.433. The maximum atomic E-state index is 12.9. The number of hydrogen-bond acceptors (Lipinski definition) is 4. The van der Waals surface area contributed by atoms with Gasteiger partial charge in [0.15, 0.2) is 9.84 Å². The third-order valence-corrected chi connectivity index (χ3v) is 6.85. The molecule has 0 atom stereocenters. The molecule has 2 aromatic rings. The average molecular weight is 394 g/mol. The minimum atomic E-state index is -3.38. The zero-order chi connectivity index (χ0) is 18.9. The standard InChI is InChI=1S/C19H20ClNO4S/c1-3-26(23,24)17-7-5-4-6-13(17)12-18(22)21-11-10-14-15(21)8-9-16(25-2)19(14)20/h4-9H,3,10-12H2,1-2H3. The monoisotopic (exact) mass is 393 g/mol. The number of carbonyl (C=O) groups excluding carboxylic acids is 1. The van der Waals surface area contributed by atoms with Crippen LogP contribution in [0.2, 0.25) is 5.02 Å². The van der Waals surface area contributed by atoms with Crippen LogP contribution in [-0.2, 0) is 27.5 Å². The SMILES string of the molecule is CCS(=O)(=O)c1ccccc1CC(=O)N1CCc2c1ccc(OC)c2Cl. The number of sulfone groups is 1. The number of ether oxygens (including phenoxy) is 1. The molecular weight excluding hydrogens is 374 g/mol. The number of rotatable bonds is 5. The molecule has 1 heterocycles. The smallest absolute Gasteiger partial charge is 0.231 e. The van der Waals surface area contributed by atoms with E-state index in [1.165, 1.54) is 0 Å². The van der Waals surface area contributed by atoms with Gasteiger partial charge in [-0.3, -0.25) is 4.79 Å². The normalized spacial score (nSPS) is 13.6. The molecule has 0 spiro atoms. The molecule has 0 fully saturated rings. The number of fused-ring (bicyclic) bond motifs is 1. The summed E-state index contributed by atoms with van der Waals surface area (Å²) in [5, 5.41) is 0.522. The van der Waals surface area contributed by atoms with Gasteiger partial charge in [-0.15, -0.1) is 0 Å². The van der Waals surface area contributed by atoms with Gasteiger partial charge in [-0.1, -0.05) is 36.7 Å². The molecule has 138 valence electrons. The summed E-state index contributed by atoms with van der Waals surface area (Å²) in [6.07, 6.45) is 0.671. The predicted molar refractivity (Wildman–Crippen MR) is 102 cm³/mol. The van der Waals surface area contributed by atoms with Crippen molar-refractivity contribution < 1.29 is 17.9 Å². The van der Waals surface area contributed by atoms with Gasteiger partial charge in [0.1, 0.15) is 5.75 Å². The summed E-state index contributed by atoms with van der Waals surface area (Å²) in [5.41, 5.74) is 2.16. The van der Waals surface area contributed by atoms with Crippen molar-refractivity contribution in [3.8, 4) is 5.75 Å². The molecule has 1 aliphatic rings. The maximum Gasteiger partial charge on any atom is 0.231 e. The number of halogens is 1. The molecule has 0 radical (unpaired) electrons. The fraction of sp³-hybridized carbons (Fsp3) is 0.316. The maximum absolute atomic E-state index is 12.9. The van der Waals surface area contributed by atoms with Crippen LogP contribution < -0.4 is 9.64 Å². The molecule has 0 aromatic heterocycles. The molecule has 7 heteroatoms. The second kappa shape index (κ2) is 7.29. The second-order valence-corrected chi connectivity index (χ2v) is 8.69. The van der Waals surface area contributed by atoms with E-state index in [-0.39, 0.29) is 23.0 Å². The van der Waals surface area contributed by atoms with Crippen molar-refractivity contribution in [1.29, 1.82) is 0 Å². The Hall–Kier alpha value is -2.05. The zero-order valence-electron chi connectivity index (χ0n) is 14.7. The summed E-state index contributed by atoms with van der Waals surface area (Å²) in [7, 11) is -1.83. The first-order chi connectivity index (χ1) is 12.4. The first kappa shape index (κ1) is 18.7. The summed E-state index contributed by atoms with van der Waals surface area (Å²) >= 11 is 6.35. The van der Waals surface area contributed by atoms with Crippen LogP contribution in [0, 0.1) is 0 Å². The van der Waals surface area contributed by atoms with Crippen LogP contribution in [-0.4, -0.2) is 33.7 Å². The van der Waals surface area contributed by atoms with E-state index in [9.17, 15) is 13.2 Å². The largest absolute Gasteiger partial charge is 0.495 e. The lowest BCUT2D eigenvalue weighted by atomic mass is 10.1. The Kier molecular flexibility index (Phi) is 5.25. The van der Waals surface area contributed by atoms with E-state index >= 15 is 0 Å². The summed E-state index contributed by atoms with van der Waals surface area (Å²) in [6, 6.07) is 10.2. The Morgan fingerprint density at radius 2 is 1.96 bits per heavy atom. The van der Waals surface area contributed by atoms with Gasteiger partial charge < -0.3 is 9.64 Å². The highest BCUT2D eigenvalue weighted by molar-refractivity contribution is 7.91. The first-order valence-corrected chi connectivity index (χ1v) is 10.4. The molecule has 0 saturated carbocycles. The molecule has 0 N–H and O–H groups in total. The van der Waals surface area contributed by atoms with Gasteiger partial charge in [-0.05, 0) is 30.2 Å². The van der Waals surface area contributed by atoms with E-state index in [0.717, 1.165) is 11.3 Å². The van der Waals surface area contributed by atoms with Crippen molar-refractivity contribution in [2.24, 2.45) is 0 Å². The fourth-order valence-electron chi connectivity index (χ4n) is 3.21. The van der Waals surface area contributed by atoms with Gasteiger partial charge in [-0.25, -0.2) is 8.42 Å². The summed E-state index contributed by atoms with van der Waals surface area (Å²) < 4.78 is 29.8. The highest BCUT2D eigenvalue weighted by Crippen LogP contribution is 2.39. The number of methoxy groups -OCH3 is 1. The van der Waals surface area contributed by atoms with Gasteiger partial charge in [0.05, 0.1) is 29.2 Å². The molecule has 0 aliphatic carbocycles. The molecule has 1 aliphatic heterocycles. The van der Waals surface area contributed by atoms with E-state index < -0.39 is 9.84 Å². The lowest BCUT2D eigenvalue weighted by Crippen LogP contribution is -2.30. The Morgan fingerprint density at radius 3 is 2.65 bits per heavy atom. The molecule has 26 heavy (non-hydrogen) atoms. The van der Waals surface area contributed by atoms with Gasteiger partial charge in [0, 0.05) is 17.8 Å². The zero-order valence-corrected chi connectivity index (χ0v) is 16.2. The third-order valence-electron chi connectivity index (χ3n) is 4.61. The van der Waals surface area contributed by atoms with Crippen molar-refractivity contribution in [2.45, 2.75) is 24.7 Å². The van der Waals surface area contributed by atoms with Gasteiger partial charge in [0.25, 0.3) is 0 Å². The van der Waals surface area contributed by atoms with Crippen LogP contribution in [0.1, 0.15) is 18.1 Å². The quantitative estimate of drug-likeness (QED) is 0.782. The van der Waals surface area contributed by atoms with E-state index in [1.807, 2.05) is 6.07 Å². The van der Waals surface area contributed by atoms with Crippen LogP contribution >= 0.6 is 11.6 Å². The van der Waals surface area contributed by atoms with Gasteiger partial charge in [-0.2, -0.15) is 0 Å². The summed E-state index contributed by atoms with van der Waals surface area (Å²) in [4.78, 5) is 14.8. The van der Waals surface area contributed by atoms with Crippen molar-refractivity contribution in [3.05, 3.63) is 52.5 Å². The van der Waals surface area contributed by atoms with Gasteiger partial charge >= 0.3 is 0 Å². The summed E-state index contributed by atoms with van der Waals surface area (Å²) in [6.45, 7) is 2.11. The molecule has 3 rings (SSSR count). The Balaban J connectivity index is 1.90. The van der Waals surface area contributed by atoms with Gasteiger partial charge in [0.2, 0.25) is 5.91 Å². The number of nitrogens with zero attached hydrogens (tertiary/aromatic N) is 1. The van der Waals surface area contributed by atoms with E-state index in [2.05, 4.69) is 0 Å². The minimum absolute atomic E-state index is 0.000153. The lowest BCUT2D eigenvalue weighted by molar-refractivity contribution is -0.117. The number of amides is 1. The van der Waals surface area contributed by atoms with Crippen LogP contribution in [0.25, 0.3) is 0 Å². The van der Waals surface area contributed by atoms with Crippen molar-refractivity contribution in [1.82, 2.24) is 0 Å². The van der Waals surface area contributed by atoms with E-state index in [4.69, 9.17) is 16.3 Å². The number of hydrogen-bond donors (Lipinski definition) is 0. The Bertz CT molecular complexity index is 956. The molecule has 2 aromatic carbocycles. The number of benzene rings is 2. The first-order valence-electron chi connectivity index (χ1n) is 8.35.